The molecule has 35 heteroatoms. The van der Waals surface area contributed by atoms with Crippen LogP contribution in [0.1, 0.15) is 58.9 Å². The van der Waals surface area contributed by atoms with Gasteiger partial charge in [0, 0.05) is 61.8 Å². The molecule has 4 heterocycles. The Kier molecular flexibility index (Phi) is 28.5. The molecule has 0 amide bonds. The van der Waals surface area contributed by atoms with E-state index in [2.05, 4.69) is 83.8 Å². The molecule has 2 aliphatic heterocycles. The van der Waals surface area contributed by atoms with Gasteiger partial charge >= 0.3 is 26.4 Å². The van der Waals surface area contributed by atoms with Crippen LogP contribution >= 0.6 is 11.6 Å². The number of aryl methyl sites for hydroxylation is 1. The monoisotopic (exact) mass is 1460 g/mol. The maximum atomic E-state index is 13.4. The Bertz CT molecular complexity index is 4090. The number of halogens is 9. The number of alkyl halides is 8. The summed E-state index contributed by atoms with van der Waals surface area (Å²) in [6.45, 7) is -1.05. The Morgan fingerprint density at radius 1 is 0.531 bits per heavy atom. The Labute approximate surface area is 569 Å². The number of nitrogens with zero attached hydrogens (tertiary/aromatic N) is 8. The van der Waals surface area contributed by atoms with Gasteiger partial charge in [0.25, 0.3) is 10.1 Å². The number of rotatable bonds is 23. The first kappa shape index (κ1) is 78.7. The largest absolute Gasteiger partial charge is 0.433 e. The van der Waals surface area contributed by atoms with Crippen molar-refractivity contribution in [2.75, 3.05) is 85.9 Å². The van der Waals surface area contributed by atoms with Crippen molar-refractivity contribution < 1.29 is 83.9 Å². The fraction of sp³-hybridized carbons (Fsp3) is 0.397. The van der Waals surface area contributed by atoms with Crippen LogP contribution < -0.4 is 50.4 Å². The molecule has 0 aliphatic carbocycles. The molecule has 0 radical (unpaired) electrons. The van der Waals surface area contributed by atoms with E-state index >= 15 is 0 Å². The average molecular weight is 1460 g/mol. The number of piperidine rings is 2. The number of anilines is 9. The van der Waals surface area contributed by atoms with Crippen molar-refractivity contribution in [3.05, 3.63) is 132 Å². The highest BCUT2D eigenvalue weighted by Crippen LogP contribution is 2.38. The number of aromatic nitrogens is 4. The highest BCUT2D eigenvalue weighted by atomic mass is 35.5. The fourth-order valence-corrected chi connectivity index (χ4v) is 12.8. The molecule has 98 heavy (non-hydrogen) atoms. The van der Waals surface area contributed by atoms with Gasteiger partial charge in [0.15, 0.2) is 54.3 Å². The quantitative estimate of drug-likeness (QED) is 0.0172. The minimum absolute atomic E-state index is 0.0118. The second-order valence-electron chi connectivity index (χ2n) is 22.9. The second kappa shape index (κ2) is 35.5. The van der Waals surface area contributed by atoms with Gasteiger partial charge in [-0.05, 0) is 161 Å². The molecule has 0 saturated carbocycles. The minimum atomic E-state index is -4.02. The maximum absolute atomic E-state index is 13.4. The number of benzene rings is 5. The lowest BCUT2D eigenvalue weighted by Gasteiger charge is -2.36. The summed E-state index contributed by atoms with van der Waals surface area (Å²) in [7, 11) is -3.17. The smallest absolute Gasteiger partial charge is 0.387 e. The molecule has 9 rings (SSSR count). The summed E-state index contributed by atoms with van der Waals surface area (Å²) in [6, 6.07) is 28.8. The number of nitrogens with two attached hydrogens (primary N) is 1. The van der Waals surface area contributed by atoms with Crippen LogP contribution in [0.15, 0.2) is 136 Å². The molecule has 5 aromatic carbocycles. The summed E-state index contributed by atoms with van der Waals surface area (Å²) >= 11 is 5.68. The zero-order valence-corrected chi connectivity index (χ0v) is 57.8. The Balaban J connectivity index is 0.000000231. The van der Waals surface area contributed by atoms with Gasteiger partial charge < -0.3 is 60.2 Å². The lowest BCUT2D eigenvalue weighted by Crippen LogP contribution is -2.42. The third-order valence-corrected chi connectivity index (χ3v) is 20.6. The van der Waals surface area contributed by atoms with Gasteiger partial charge in [0.2, 0.25) is 11.2 Å². The van der Waals surface area contributed by atoms with E-state index in [1.54, 1.807) is 62.4 Å². The van der Waals surface area contributed by atoms with Crippen molar-refractivity contribution in [3.63, 3.8) is 0 Å². The topological polar surface area (TPSA) is 286 Å². The molecule has 2 fully saturated rings. The van der Waals surface area contributed by atoms with Gasteiger partial charge in [0.1, 0.15) is 0 Å². The van der Waals surface area contributed by atoms with E-state index in [-0.39, 0.29) is 77.6 Å². The summed E-state index contributed by atoms with van der Waals surface area (Å²) in [4.78, 5) is 24.1. The third kappa shape index (κ3) is 22.9. The molecule has 6 N–H and O–H groups in total. The maximum Gasteiger partial charge on any atom is 0.387 e. The molecule has 2 aliphatic rings. The third-order valence-electron chi connectivity index (χ3n) is 15.1. The summed E-state index contributed by atoms with van der Waals surface area (Å²) < 4.78 is 201. The predicted molar refractivity (Wildman–Crippen MR) is 359 cm³/mol. The molecular weight excluding hydrogens is 1380 g/mol. The first-order chi connectivity index (χ1) is 46.0. The zero-order chi connectivity index (χ0) is 72.4. The molecule has 7 aromatic rings. The Hall–Kier alpha value is -8.28. The van der Waals surface area contributed by atoms with E-state index in [9.17, 15) is 60.4 Å². The molecule has 0 spiro atoms. The fourth-order valence-electron chi connectivity index (χ4n) is 9.76. The Morgan fingerprint density at radius 3 is 1.36 bits per heavy atom. The van der Waals surface area contributed by atoms with Gasteiger partial charge in [0.05, 0.1) is 60.3 Å². The number of nitrogen functional groups attached to an aromatic ring is 1. The number of nitrogens with one attached hydrogen (secondary N) is 3. The number of hydrogen-bond acceptors (Lipinski definition) is 22. The van der Waals surface area contributed by atoms with Crippen LogP contribution in [-0.2, 0) is 29.8 Å². The zero-order valence-electron chi connectivity index (χ0n) is 54.6. The van der Waals surface area contributed by atoms with Crippen LogP contribution in [0, 0.1) is 6.92 Å². The van der Waals surface area contributed by atoms with Crippen LogP contribution in [0.3, 0.4) is 0 Å². The minimum Gasteiger partial charge on any atom is -0.433 e. The van der Waals surface area contributed by atoms with Crippen molar-refractivity contribution in [1.82, 2.24) is 29.7 Å². The van der Waals surface area contributed by atoms with Crippen molar-refractivity contribution in [2.24, 2.45) is 0 Å². The van der Waals surface area contributed by atoms with Gasteiger partial charge in [-0.25, -0.2) is 26.8 Å². The lowest BCUT2D eigenvalue weighted by molar-refractivity contribution is -0.0504. The van der Waals surface area contributed by atoms with Gasteiger partial charge in [-0.15, -0.1) is 0 Å². The molecular formula is C63H77ClF8N12O11S3. The number of ether oxygens (including phenoxy) is 4. The van der Waals surface area contributed by atoms with E-state index in [1.165, 1.54) is 68.4 Å². The molecule has 0 bridgehead atoms. The highest BCUT2D eigenvalue weighted by molar-refractivity contribution is 7.92. The average Bonchev–Trinajstić information content (AvgIpc) is 0.800. The van der Waals surface area contributed by atoms with E-state index in [0.717, 1.165) is 75.5 Å². The van der Waals surface area contributed by atoms with Crippen LogP contribution in [0.4, 0.5) is 86.8 Å². The standard InChI is InChI=1S/C28H34F4N6O4S.C14H14ClF2N3O3S.C14H21F2N3O.C7H8O3S/c1-17(2)43(39,40)24-8-6-5-7-21(24)34-25-23(42-27(31)32)16-33-28(36-25)35-20-10-9-19(15-22(20)41-26(29)30)38-13-11-18(12-14-38)37(3)4;1-8(2)24(21,22)11-6-4-3-5-9(11)19-12-10(23-14(16)17)7-18-13(15)20-12;1-18(2)10-5-7-19(8-6-10)11-3-4-12(17)13(9-11)20-14(15)16;1-6-2-4-7(5-3-6)11(8,9)10/h5-10,15-18,26-27H,11-14H2,1-4H3,(H2,33,34,35,36);3-8,14H,1-2H3,(H,18,19,20);3-4,9-10,14H,5-8,17H2,1-2H3;2-5H,1H3,(H,8,9,10). The molecule has 0 atom stereocenters. The predicted octanol–water partition coefficient (Wildman–Crippen LogP) is 13.2. The summed E-state index contributed by atoms with van der Waals surface area (Å²) in [5.74, 6) is -1.55. The molecule has 2 aromatic heterocycles. The molecule has 0 unspecified atom stereocenters. The van der Waals surface area contributed by atoms with Gasteiger partial charge in [-0.3, -0.25) is 4.55 Å². The van der Waals surface area contributed by atoms with Crippen LogP contribution in [-0.4, -0.2) is 163 Å². The Morgan fingerprint density at radius 2 is 0.929 bits per heavy atom. The summed E-state index contributed by atoms with van der Waals surface area (Å²) in [5, 5.41) is 6.60. The summed E-state index contributed by atoms with van der Waals surface area (Å²) in [6.07, 6.45) is 5.88. The lowest BCUT2D eigenvalue weighted by atomic mass is 10.0. The van der Waals surface area contributed by atoms with Crippen LogP contribution in [0.5, 0.6) is 23.0 Å². The first-order valence-electron chi connectivity index (χ1n) is 30.1. The molecule has 23 nitrogen and oxygen atoms in total. The van der Waals surface area contributed by atoms with E-state index in [4.69, 9.17) is 26.6 Å². The number of para-hydroxylation sites is 2. The summed E-state index contributed by atoms with van der Waals surface area (Å²) in [5.41, 5.74) is 8.76. The van der Waals surface area contributed by atoms with Crippen molar-refractivity contribution in [3.8, 4) is 23.0 Å². The van der Waals surface area contributed by atoms with Gasteiger partial charge in [-0.1, -0.05) is 42.0 Å². The van der Waals surface area contributed by atoms with Crippen LogP contribution in [0.2, 0.25) is 5.28 Å². The molecule has 536 valence electrons. The number of sulfone groups is 2. The number of hydrogen-bond donors (Lipinski definition) is 5. The van der Waals surface area contributed by atoms with E-state index in [1.807, 2.05) is 27.1 Å². The molecule has 2 saturated heterocycles. The van der Waals surface area contributed by atoms with Crippen molar-refractivity contribution in [1.29, 1.82) is 0 Å². The first-order valence-corrected chi connectivity index (χ1v) is 35.0. The highest BCUT2D eigenvalue weighted by Gasteiger charge is 2.28. The second-order valence-corrected chi connectivity index (χ2v) is 29.6. The normalized spacial score (nSPS) is 14.0. The van der Waals surface area contributed by atoms with Gasteiger partial charge in [-0.2, -0.15) is 53.5 Å². The van der Waals surface area contributed by atoms with Crippen LogP contribution in [0.25, 0.3) is 0 Å². The van der Waals surface area contributed by atoms with Crippen molar-refractivity contribution >= 4 is 93.1 Å². The van der Waals surface area contributed by atoms with E-state index in [0.29, 0.717) is 17.8 Å². The SMILES string of the molecule is CC(C)S(=O)(=O)c1ccccc1Nc1nc(Cl)ncc1OC(F)F.CC(C)S(=O)(=O)c1ccccc1Nc1nc(Nc2ccc(N3CCC(N(C)C)CC3)cc2OC(F)F)ncc1OC(F)F.CN(C)C1CCN(c2ccc(N)c(OC(F)F)c2)CC1.Cc1ccc(S(=O)(=O)O)cc1. The van der Waals surface area contributed by atoms with E-state index < -0.39 is 72.5 Å². The van der Waals surface area contributed by atoms with Crippen molar-refractivity contribution in [2.45, 2.75) is 124 Å².